The Morgan fingerprint density at radius 3 is 2.68 bits per heavy atom. The molecule has 0 aromatic carbocycles. The van der Waals surface area contributed by atoms with Crippen molar-refractivity contribution in [3.63, 3.8) is 0 Å². The van der Waals surface area contributed by atoms with Crippen molar-refractivity contribution in [3.8, 4) is 0 Å². The summed E-state index contributed by atoms with van der Waals surface area (Å²) in [5.41, 5.74) is -0.0735. The second-order valence-corrected chi connectivity index (χ2v) is 6.50. The molecule has 2 fully saturated rings. The van der Waals surface area contributed by atoms with Crippen LogP contribution in [-0.2, 0) is 9.59 Å². The van der Waals surface area contributed by atoms with Gasteiger partial charge in [0.25, 0.3) is 5.91 Å². The molecule has 7 nitrogen and oxygen atoms in total. The van der Waals surface area contributed by atoms with E-state index in [0.717, 1.165) is 10.7 Å². The highest BCUT2D eigenvalue weighted by Gasteiger charge is 2.48. The molecule has 116 valence electrons. The highest BCUT2D eigenvalue weighted by atomic mass is 32.1. The molecule has 4 amide bonds. The van der Waals surface area contributed by atoms with Gasteiger partial charge in [-0.25, -0.2) is 9.78 Å². The van der Waals surface area contributed by atoms with Crippen LogP contribution in [0.25, 0.3) is 6.08 Å². The van der Waals surface area contributed by atoms with Gasteiger partial charge in [-0.3, -0.25) is 14.9 Å². The monoisotopic (exact) mass is 320 g/mol. The van der Waals surface area contributed by atoms with E-state index in [1.807, 2.05) is 12.3 Å². The molecule has 0 atom stereocenters. The van der Waals surface area contributed by atoms with Gasteiger partial charge in [-0.15, -0.1) is 11.3 Å². The average molecular weight is 320 g/mol. The number of imide groups is 1. The van der Waals surface area contributed by atoms with Gasteiger partial charge in [0.15, 0.2) is 0 Å². The molecular weight excluding hydrogens is 304 g/mol. The van der Waals surface area contributed by atoms with Crippen LogP contribution in [-0.4, -0.2) is 46.4 Å². The summed E-state index contributed by atoms with van der Waals surface area (Å²) in [5, 5.41) is 7.78. The number of urea groups is 1. The molecule has 1 aromatic rings. The van der Waals surface area contributed by atoms with Crippen LogP contribution >= 0.6 is 11.3 Å². The van der Waals surface area contributed by atoms with Gasteiger partial charge >= 0.3 is 6.03 Å². The maximum absolute atomic E-state index is 12.2. The zero-order chi connectivity index (χ0) is 15.7. The van der Waals surface area contributed by atoms with Gasteiger partial charge in [-0.05, 0) is 25.8 Å². The third-order valence-electron chi connectivity index (χ3n) is 3.98. The Morgan fingerprint density at radius 2 is 2.14 bits per heavy atom. The molecule has 2 N–H and O–H groups in total. The lowest BCUT2D eigenvalue weighted by molar-refractivity contribution is -0.132. The van der Waals surface area contributed by atoms with Crippen molar-refractivity contribution in [3.05, 3.63) is 22.2 Å². The van der Waals surface area contributed by atoms with Crippen molar-refractivity contribution in [2.45, 2.75) is 25.3 Å². The molecule has 2 aliphatic heterocycles. The number of amides is 4. The van der Waals surface area contributed by atoms with E-state index in [4.69, 9.17) is 0 Å². The fraction of sp³-hybridized carbons (Fsp3) is 0.429. The Balaban J connectivity index is 1.59. The predicted molar refractivity (Wildman–Crippen MR) is 81.1 cm³/mol. The minimum Gasteiger partial charge on any atom is -0.339 e. The van der Waals surface area contributed by atoms with E-state index >= 15 is 0 Å². The van der Waals surface area contributed by atoms with Gasteiger partial charge in [0.05, 0.1) is 10.7 Å². The second kappa shape index (κ2) is 5.53. The lowest BCUT2D eigenvalue weighted by atomic mass is 9.87. The van der Waals surface area contributed by atoms with E-state index in [9.17, 15) is 14.4 Å². The number of aryl methyl sites for hydroxylation is 1. The molecule has 2 aliphatic rings. The van der Waals surface area contributed by atoms with Gasteiger partial charge in [-0.1, -0.05) is 0 Å². The lowest BCUT2D eigenvalue weighted by Gasteiger charge is -2.36. The number of hydrogen-bond donors (Lipinski definition) is 2. The van der Waals surface area contributed by atoms with Crippen molar-refractivity contribution >= 4 is 35.3 Å². The molecule has 1 spiro atoms. The number of nitrogens with zero attached hydrogens (tertiary/aromatic N) is 2. The quantitative estimate of drug-likeness (QED) is 0.619. The summed E-state index contributed by atoms with van der Waals surface area (Å²) in [5.74, 6) is -0.400. The van der Waals surface area contributed by atoms with Gasteiger partial charge in [0, 0.05) is 24.5 Å². The number of likely N-dealkylation sites (tertiary alicyclic amines) is 1. The molecule has 3 rings (SSSR count). The van der Waals surface area contributed by atoms with Crippen molar-refractivity contribution in [1.29, 1.82) is 0 Å². The average Bonchev–Trinajstić information content (AvgIpc) is 3.01. The van der Waals surface area contributed by atoms with Gasteiger partial charge in [0.1, 0.15) is 5.54 Å². The summed E-state index contributed by atoms with van der Waals surface area (Å²) in [6.07, 6.45) is 4.06. The Bertz CT molecular complexity index is 659. The Labute approximate surface area is 131 Å². The topological polar surface area (TPSA) is 91.4 Å². The van der Waals surface area contributed by atoms with Crippen LogP contribution in [0.15, 0.2) is 11.5 Å². The van der Waals surface area contributed by atoms with Gasteiger partial charge in [0.2, 0.25) is 5.91 Å². The predicted octanol–water partition coefficient (Wildman–Crippen LogP) is 0.665. The minimum absolute atomic E-state index is 0.106. The summed E-state index contributed by atoms with van der Waals surface area (Å²) in [6.45, 7) is 2.79. The standard InChI is InChI=1S/C14H16N4O3S/c1-9-15-10(8-22-9)2-3-11(19)18-6-4-14(5-7-18)12(20)16-13(21)17-14/h2-3,8H,4-7H2,1H3,(H2,16,17,20,21)/b3-2+. The normalized spacial score (nSPS) is 20.5. The molecule has 22 heavy (non-hydrogen) atoms. The summed E-state index contributed by atoms with van der Waals surface area (Å²) in [7, 11) is 0. The molecule has 2 saturated heterocycles. The molecule has 0 bridgehead atoms. The van der Waals surface area contributed by atoms with Gasteiger partial charge < -0.3 is 10.2 Å². The van der Waals surface area contributed by atoms with Crippen LogP contribution in [0.2, 0.25) is 0 Å². The second-order valence-electron chi connectivity index (χ2n) is 5.44. The fourth-order valence-electron chi connectivity index (χ4n) is 2.71. The minimum atomic E-state index is -0.844. The first kappa shape index (κ1) is 14.7. The number of thiazole rings is 1. The third kappa shape index (κ3) is 2.74. The van der Waals surface area contributed by atoms with E-state index in [0.29, 0.717) is 25.9 Å². The Morgan fingerprint density at radius 1 is 1.41 bits per heavy atom. The molecule has 3 heterocycles. The molecule has 0 radical (unpaired) electrons. The van der Waals surface area contributed by atoms with Crippen molar-refractivity contribution in [2.75, 3.05) is 13.1 Å². The van der Waals surface area contributed by atoms with Crippen LogP contribution in [0, 0.1) is 6.92 Å². The van der Waals surface area contributed by atoms with E-state index in [-0.39, 0.29) is 11.8 Å². The number of carbonyl (C=O) groups excluding carboxylic acids is 3. The van der Waals surface area contributed by atoms with E-state index in [1.165, 1.54) is 17.4 Å². The van der Waals surface area contributed by atoms with Crippen LogP contribution < -0.4 is 10.6 Å². The number of hydrogen-bond acceptors (Lipinski definition) is 5. The number of rotatable bonds is 2. The molecule has 0 aliphatic carbocycles. The summed E-state index contributed by atoms with van der Waals surface area (Å²) < 4.78 is 0. The van der Waals surface area contributed by atoms with Crippen LogP contribution in [0.4, 0.5) is 4.79 Å². The summed E-state index contributed by atoms with van der Waals surface area (Å²) in [6, 6.07) is -0.455. The maximum atomic E-state index is 12.2. The molecule has 0 saturated carbocycles. The first-order valence-electron chi connectivity index (χ1n) is 7.01. The fourth-order valence-corrected chi connectivity index (χ4v) is 3.29. The number of carbonyl (C=O) groups is 3. The highest BCUT2D eigenvalue weighted by molar-refractivity contribution is 7.09. The zero-order valence-corrected chi connectivity index (χ0v) is 12.9. The van der Waals surface area contributed by atoms with E-state index < -0.39 is 11.6 Å². The lowest BCUT2D eigenvalue weighted by Crippen LogP contribution is -2.55. The smallest absolute Gasteiger partial charge is 0.322 e. The Hall–Kier alpha value is -2.22. The maximum Gasteiger partial charge on any atom is 0.322 e. The SMILES string of the molecule is Cc1nc(/C=C/C(=O)N2CCC3(CC2)NC(=O)NC3=O)cs1. The van der Waals surface area contributed by atoms with E-state index in [1.54, 1.807) is 11.0 Å². The van der Waals surface area contributed by atoms with Crippen LogP contribution in [0.3, 0.4) is 0 Å². The highest BCUT2D eigenvalue weighted by Crippen LogP contribution is 2.25. The summed E-state index contributed by atoms with van der Waals surface area (Å²) >= 11 is 1.53. The number of aromatic nitrogens is 1. The molecule has 8 heteroatoms. The number of piperidine rings is 1. The third-order valence-corrected chi connectivity index (χ3v) is 4.77. The number of nitrogens with one attached hydrogen (secondary N) is 2. The first-order valence-corrected chi connectivity index (χ1v) is 7.89. The first-order chi connectivity index (χ1) is 10.5. The van der Waals surface area contributed by atoms with Crippen molar-refractivity contribution < 1.29 is 14.4 Å². The zero-order valence-electron chi connectivity index (χ0n) is 12.1. The van der Waals surface area contributed by atoms with Gasteiger partial charge in [-0.2, -0.15) is 0 Å². The van der Waals surface area contributed by atoms with Crippen molar-refractivity contribution in [1.82, 2.24) is 20.5 Å². The molecular formula is C14H16N4O3S. The van der Waals surface area contributed by atoms with Crippen LogP contribution in [0.1, 0.15) is 23.5 Å². The Kier molecular flexibility index (Phi) is 3.69. The van der Waals surface area contributed by atoms with E-state index in [2.05, 4.69) is 15.6 Å². The largest absolute Gasteiger partial charge is 0.339 e. The summed E-state index contributed by atoms with van der Waals surface area (Å²) in [4.78, 5) is 41.2. The van der Waals surface area contributed by atoms with Crippen molar-refractivity contribution in [2.24, 2.45) is 0 Å². The molecule has 1 aromatic heterocycles. The van der Waals surface area contributed by atoms with Crippen LogP contribution in [0.5, 0.6) is 0 Å². The molecule has 0 unspecified atom stereocenters.